The van der Waals surface area contributed by atoms with Crippen LogP contribution in [0.15, 0.2) is 22.7 Å². The first kappa shape index (κ1) is 13.2. The third-order valence-corrected chi connectivity index (χ3v) is 4.32. The minimum atomic E-state index is -1.21. The Morgan fingerprint density at radius 2 is 1.95 bits per heavy atom. The van der Waals surface area contributed by atoms with E-state index in [-0.39, 0.29) is 5.69 Å². The third-order valence-electron chi connectivity index (χ3n) is 3.83. The molecule has 1 aliphatic carbocycles. The second kappa shape index (κ2) is 4.37. The van der Waals surface area contributed by atoms with Crippen LogP contribution in [0.5, 0.6) is 0 Å². The molecule has 0 unspecified atom stereocenters. The van der Waals surface area contributed by atoms with Gasteiger partial charge in [-0.15, -0.1) is 0 Å². The Bertz CT molecular complexity index is 643. The average molecular weight is 341 g/mol. The third kappa shape index (κ3) is 1.69. The lowest BCUT2D eigenvalue weighted by atomic mass is 9.66. The summed E-state index contributed by atoms with van der Waals surface area (Å²) in [5, 5.41) is 2.14. The van der Waals surface area contributed by atoms with E-state index in [1.54, 1.807) is 0 Å². The number of carbonyl (C=O) groups excluding carboxylic acids is 3. The number of carbonyl (C=O) groups is 3. The molecule has 0 atom stereocenters. The van der Waals surface area contributed by atoms with Crippen LogP contribution in [0.4, 0.5) is 14.9 Å². The Kier molecular flexibility index (Phi) is 2.89. The molecule has 1 aliphatic heterocycles. The van der Waals surface area contributed by atoms with Gasteiger partial charge in [-0.05, 0) is 31.0 Å². The topological polar surface area (TPSA) is 66.5 Å². The normalized spacial score (nSPS) is 20.9. The summed E-state index contributed by atoms with van der Waals surface area (Å²) in [5.74, 6) is -1.92. The van der Waals surface area contributed by atoms with E-state index in [1.807, 2.05) is 0 Å². The number of hydrogen-bond acceptors (Lipinski definition) is 3. The molecule has 4 amide bonds. The molecular weight excluding hydrogens is 331 g/mol. The van der Waals surface area contributed by atoms with E-state index in [4.69, 9.17) is 0 Å². The van der Waals surface area contributed by atoms with Crippen molar-refractivity contribution in [1.29, 1.82) is 0 Å². The molecule has 0 bridgehead atoms. The molecule has 2 fully saturated rings. The number of imide groups is 2. The number of halogens is 2. The highest BCUT2D eigenvalue weighted by atomic mass is 79.9. The molecule has 1 aromatic rings. The number of anilines is 1. The van der Waals surface area contributed by atoms with Crippen LogP contribution in [0.1, 0.15) is 19.3 Å². The minimum Gasteiger partial charge on any atom is -0.276 e. The number of hydrogen-bond donors (Lipinski definition) is 1. The first-order chi connectivity index (χ1) is 9.45. The number of rotatable bonds is 1. The molecule has 7 heteroatoms. The van der Waals surface area contributed by atoms with Gasteiger partial charge in [0.25, 0.3) is 5.91 Å². The molecule has 0 radical (unpaired) electrons. The highest BCUT2D eigenvalue weighted by molar-refractivity contribution is 9.10. The van der Waals surface area contributed by atoms with Crippen LogP contribution < -0.4 is 10.2 Å². The van der Waals surface area contributed by atoms with Crippen LogP contribution in [0.3, 0.4) is 0 Å². The van der Waals surface area contributed by atoms with Crippen LogP contribution in [0.25, 0.3) is 0 Å². The molecule has 5 nitrogen and oxygen atoms in total. The van der Waals surface area contributed by atoms with Crippen molar-refractivity contribution < 1.29 is 18.8 Å². The van der Waals surface area contributed by atoms with Gasteiger partial charge in [-0.2, -0.15) is 0 Å². The first-order valence-corrected chi connectivity index (χ1v) is 6.90. The fourth-order valence-electron chi connectivity index (χ4n) is 2.52. The summed E-state index contributed by atoms with van der Waals surface area (Å²) in [5.41, 5.74) is -1.36. The van der Waals surface area contributed by atoms with E-state index >= 15 is 0 Å². The monoisotopic (exact) mass is 340 g/mol. The zero-order valence-corrected chi connectivity index (χ0v) is 11.9. The van der Waals surface area contributed by atoms with E-state index in [0.29, 0.717) is 17.3 Å². The van der Waals surface area contributed by atoms with Gasteiger partial charge in [-0.25, -0.2) is 14.1 Å². The quantitative estimate of drug-likeness (QED) is 0.798. The number of benzene rings is 1. The van der Waals surface area contributed by atoms with Crippen LogP contribution in [-0.2, 0) is 9.59 Å². The van der Waals surface area contributed by atoms with E-state index in [9.17, 15) is 18.8 Å². The van der Waals surface area contributed by atoms with Crippen LogP contribution in [0, 0.1) is 11.2 Å². The van der Waals surface area contributed by atoms with Gasteiger partial charge in [0.2, 0.25) is 5.91 Å². The molecule has 0 aromatic heterocycles. The molecule has 1 heterocycles. The molecule has 1 saturated carbocycles. The minimum absolute atomic E-state index is 0.152. The Hall–Kier alpha value is -1.76. The van der Waals surface area contributed by atoms with Gasteiger partial charge in [0.05, 0.1) is 5.69 Å². The summed E-state index contributed by atoms with van der Waals surface area (Å²) in [6.45, 7) is 0. The number of barbiturate groups is 1. The zero-order valence-electron chi connectivity index (χ0n) is 10.3. The van der Waals surface area contributed by atoms with E-state index < -0.39 is 29.1 Å². The SMILES string of the molecule is O=C1NC(=O)C2(CCC2)C(=O)N1c1cc(Br)ccc1F. The summed E-state index contributed by atoms with van der Waals surface area (Å²) in [6.07, 6.45) is 1.51. The molecular formula is C13H10BrFN2O3. The summed E-state index contributed by atoms with van der Waals surface area (Å²) in [7, 11) is 0. The lowest BCUT2D eigenvalue weighted by Crippen LogP contribution is -2.66. The smallest absolute Gasteiger partial charge is 0.276 e. The maximum absolute atomic E-state index is 13.9. The summed E-state index contributed by atoms with van der Waals surface area (Å²) < 4.78 is 14.4. The van der Waals surface area contributed by atoms with Crippen molar-refractivity contribution in [2.45, 2.75) is 19.3 Å². The zero-order chi connectivity index (χ0) is 14.5. The number of nitrogens with zero attached hydrogens (tertiary/aromatic N) is 1. The van der Waals surface area contributed by atoms with Gasteiger partial charge >= 0.3 is 6.03 Å². The standard InChI is InChI=1S/C13H10BrFN2O3/c14-7-2-3-8(15)9(6-7)17-11(19)13(4-1-5-13)10(18)16-12(17)20/h2-3,6H,1,4-5H2,(H,16,18,20). The molecule has 1 aromatic carbocycles. The van der Waals surface area contributed by atoms with Crippen LogP contribution in [0.2, 0.25) is 0 Å². The Balaban J connectivity index is 2.08. The van der Waals surface area contributed by atoms with Crippen LogP contribution >= 0.6 is 15.9 Å². The van der Waals surface area contributed by atoms with E-state index in [1.165, 1.54) is 12.1 Å². The van der Waals surface area contributed by atoms with Gasteiger partial charge in [0, 0.05) is 4.47 Å². The van der Waals surface area contributed by atoms with E-state index in [0.717, 1.165) is 17.4 Å². The molecule has 1 spiro atoms. The van der Waals surface area contributed by atoms with Crippen molar-refractivity contribution in [3.05, 3.63) is 28.5 Å². The summed E-state index contributed by atoms with van der Waals surface area (Å²) >= 11 is 3.17. The lowest BCUT2D eigenvalue weighted by molar-refractivity contribution is -0.148. The number of nitrogens with one attached hydrogen (secondary N) is 1. The summed E-state index contributed by atoms with van der Waals surface area (Å²) in [4.78, 5) is 37.0. The summed E-state index contributed by atoms with van der Waals surface area (Å²) in [6, 6.07) is 3.06. The highest BCUT2D eigenvalue weighted by Crippen LogP contribution is 2.45. The average Bonchev–Trinajstić information content (AvgIpc) is 2.31. The Morgan fingerprint density at radius 1 is 1.25 bits per heavy atom. The molecule has 2 aliphatic rings. The second-order valence-corrected chi connectivity index (χ2v) is 5.85. The molecule has 20 heavy (non-hydrogen) atoms. The van der Waals surface area contributed by atoms with Crippen LogP contribution in [-0.4, -0.2) is 17.8 Å². The predicted molar refractivity (Wildman–Crippen MR) is 71.4 cm³/mol. The Labute approximate surface area is 122 Å². The van der Waals surface area contributed by atoms with E-state index in [2.05, 4.69) is 21.2 Å². The predicted octanol–water partition coefficient (Wildman–Crippen LogP) is 2.34. The van der Waals surface area contributed by atoms with Crippen molar-refractivity contribution in [2.24, 2.45) is 5.41 Å². The highest BCUT2D eigenvalue weighted by Gasteiger charge is 2.57. The fraction of sp³-hybridized carbons (Fsp3) is 0.308. The maximum Gasteiger partial charge on any atom is 0.335 e. The van der Waals surface area contributed by atoms with Crippen molar-refractivity contribution in [3.8, 4) is 0 Å². The maximum atomic E-state index is 13.9. The van der Waals surface area contributed by atoms with Crippen molar-refractivity contribution in [3.63, 3.8) is 0 Å². The van der Waals surface area contributed by atoms with Crippen molar-refractivity contribution in [2.75, 3.05) is 4.90 Å². The molecule has 3 rings (SSSR count). The lowest BCUT2D eigenvalue weighted by Gasteiger charge is -2.44. The second-order valence-electron chi connectivity index (χ2n) is 4.93. The number of urea groups is 1. The molecule has 104 valence electrons. The Morgan fingerprint density at radius 3 is 2.55 bits per heavy atom. The molecule has 1 saturated heterocycles. The van der Waals surface area contributed by atoms with Gasteiger partial charge < -0.3 is 0 Å². The van der Waals surface area contributed by atoms with Gasteiger partial charge in [0.1, 0.15) is 11.2 Å². The molecule has 1 N–H and O–H groups in total. The first-order valence-electron chi connectivity index (χ1n) is 6.11. The van der Waals surface area contributed by atoms with Crippen molar-refractivity contribution >= 4 is 39.5 Å². The van der Waals surface area contributed by atoms with Gasteiger partial charge in [-0.1, -0.05) is 22.4 Å². The van der Waals surface area contributed by atoms with Crippen molar-refractivity contribution in [1.82, 2.24) is 5.32 Å². The fourth-order valence-corrected chi connectivity index (χ4v) is 2.87. The van der Waals surface area contributed by atoms with Gasteiger partial charge in [-0.3, -0.25) is 14.9 Å². The largest absolute Gasteiger partial charge is 0.335 e. The number of amides is 4. The van der Waals surface area contributed by atoms with Gasteiger partial charge in [0.15, 0.2) is 0 Å².